The monoisotopic (exact) mass is 401 g/mol. The quantitative estimate of drug-likeness (QED) is 0.787. The molecule has 3 heterocycles. The Morgan fingerprint density at radius 1 is 1.27 bits per heavy atom. The van der Waals surface area contributed by atoms with Crippen LogP contribution in [0.3, 0.4) is 0 Å². The van der Waals surface area contributed by atoms with Crippen LogP contribution in [-0.4, -0.2) is 30.7 Å². The van der Waals surface area contributed by atoms with Gasteiger partial charge in [-0.25, -0.2) is 14.2 Å². The largest absolute Gasteiger partial charge is 0.324 e. The maximum absolute atomic E-state index is 12.5. The van der Waals surface area contributed by atoms with E-state index in [1.54, 1.807) is 18.3 Å². The first-order valence-electron chi connectivity index (χ1n) is 6.69. The van der Waals surface area contributed by atoms with Gasteiger partial charge in [0.25, 0.3) is 0 Å². The van der Waals surface area contributed by atoms with Crippen LogP contribution in [0.15, 0.2) is 33.2 Å². The van der Waals surface area contributed by atoms with Crippen molar-refractivity contribution < 1.29 is 4.21 Å². The number of hydrogen-bond donors (Lipinski definition) is 1. The first-order chi connectivity index (χ1) is 10.5. The van der Waals surface area contributed by atoms with Gasteiger partial charge in [0.15, 0.2) is 11.6 Å². The fourth-order valence-electron chi connectivity index (χ4n) is 2.12. The summed E-state index contributed by atoms with van der Waals surface area (Å²) in [6, 6.07) is 5.34. The van der Waals surface area contributed by atoms with Crippen molar-refractivity contribution >= 4 is 54.7 Å². The van der Waals surface area contributed by atoms with Crippen molar-refractivity contribution in [1.29, 1.82) is 0 Å². The first-order valence-corrected chi connectivity index (χ1v) is 9.71. The predicted octanol–water partition coefficient (Wildman–Crippen LogP) is 3.92. The molecule has 2 aromatic heterocycles. The van der Waals surface area contributed by atoms with Crippen LogP contribution in [0.25, 0.3) is 0 Å². The van der Waals surface area contributed by atoms with Crippen molar-refractivity contribution in [2.75, 3.05) is 16.8 Å². The molecule has 0 radical (unpaired) electrons. The Bertz CT molecular complexity index is 810. The van der Waals surface area contributed by atoms with Crippen molar-refractivity contribution in [3.63, 3.8) is 0 Å². The SMILES string of the molecule is O=S1(=Nc2cccc(Nc3nc(Cl)ncc3Br)n2)CCCC1. The summed E-state index contributed by atoms with van der Waals surface area (Å²) < 4.78 is 17.5. The van der Waals surface area contributed by atoms with Gasteiger partial charge in [-0.2, -0.15) is 9.35 Å². The van der Waals surface area contributed by atoms with Crippen LogP contribution in [0.1, 0.15) is 12.8 Å². The van der Waals surface area contributed by atoms with Gasteiger partial charge < -0.3 is 5.32 Å². The fourth-order valence-corrected chi connectivity index (χ4v) is 4.68. The minimum atomic E-state index is -2.13. The summed E-state index contributed by atoms with van der Waals surface area (Å²) >= 11 is 9.13. The molecule has 6 nitrogen and oxygen atoms in total. The lowest BCUT2D eigenvalue weighted by Gasteiger charge is -2.07. The molecule has 9 heteroatoms. The molecular weight excluding hydrogens is 390 g/mol. The molecule has 22 heavy (non-hydrogen) atoms. The van der Waals surface area contributed by atoms with E-state index in [-0.39, 0.29) is 5.28 Å². The van der Waals surface area contributed by atoms with E-state index in [0.29, 0.717) is 33.4 Å². The Hall–Kier alpha value is -1.25. The smallest absolute Gasteiger partial charge is 0.224 e. The summed E-state index contributed by atoms with van der Waals surface area (Å²) in [5, 5.41) is 3.18. The van der Waals surface area contributed by atoms with Gasteiger partial charge in [0.2, 0.25) is 5.28 Å². The Morgan fingerprint density at radius 3 is 2.82 bits per heavy atom. The van der Waals surface area contributed by atoms with E-state index in [0.717, 1.165) is 12.8 Å². The van der Waals surface area contributed by atoms with E-state index >= 15 is 0 Å². The molecule has 2 aromatic rings. The highest BCUT2D eigenvalue weighted by Crippen LogP contribution is 2.25. The maximum atomic E-state index is 12.5. The van der Waals surface area contributed by atoms with Crippen molar-refractivity contribution in [2.45, 2.75) is 12.8 Å². The average molecular weight is 403 g/mol. The standard InChI is InChI=1S/C13H13BrClN5OS/c14-9-8-16-13(15)19-12(9)18-10-4-3-5-11(17-10)20-22(21)6-1-2-7-22/h3-5,8H,1-2,6-7H2,(H,16,17,18,19). The fraction of sp³-hybridized carbons (Fsp3) is 0.308. The molecule has 0 spiro atoms. The zero-order valence-corrected chi connectivity index (χ0v) is 14.7. The molecular formula is C13H13BrClN5OS. The Balaban J connectivity index is 1.88. The van der Waals surface area contributed by atoms with Crippen molar-refractivity contribution in [2.24, 2.45) is 4.36 Å². The van der Waals surface area contributed by atoms with E-state index in [9.17, 15) is 4.21 Å². The highest BCUT2D eigenvalue weighted by molar-refractivity contribution is 9.10. The second kappa shape index (κ2) is 6.47. The molecule has 0 aliphatic carbocycles. The van der Waals surface area contributed by atoms with Gasteiger partial charge in [0.1, 0.15) is 5.82 Å². The van der Waals surface area contributed by atoms with E-state index in [1.165, 1.54) is 0 Å². The van der Waals surface area contributed by atoms with Gasteiger partial charge in [-0.1, -0.05) is 6.07 Å². The van der Waals surface area contributed by atoms with Crippen LogP contribution < -0.4 is 5.32 Å². The van der Waals surface area contributed by atoms with Crippen molar-refractivity contribution in [1.82, 2.24) is 15.0 Å². The molecule has 1 aliphatic rings. The topological polar surface area (TPSA) is 80.1 Å². The third kappa shape index (κ3) is 3.74. The van der Waals surface area contributed by atoms with Crippen LogP contribution >= 0.6 is 27.5 Å². The molecule has 1 fully saturated rings. The number of halogens is 2. The summed E-state index contributed by atoms with van der Waals surface area (Å²) in [5.74, 6) is 2.83. The Kier molecular flexibility index (Phi) is 4.60. The van der Waals surface area contributed by atoms with Crippen molar-refractivity contribution in [3.05, 3.63) is 34.2 Å². The summed E-state index contributed by atoms with van der Waals surface area (Å²) in [5.41, 5.74) is 0. The van der Waals surface area contributed by atoms with E-state index < -0.39 is 9.73 Å². The zero-order chi connectivity index (χ0) is 15.6. The average Bonchev–Trinajstić information content (AvgIpc) is 2.89. The second-order valence-electron chi connectivity index (χ2n) is 4.82. The van der Waals surface area contributed by atoms with Crippen LogP contribution in [0, 0.1) is 0 Å². The van der Waals surface area contributed by atoms with Crippen LogP contribution in [0.5, 0.6) is 0 Å². The third-order valence-electron chi connectivity index (χ3n) is 3.13. The predicted molar refractivity (Wildman–Crippen MR) is 91.5 cm³/mol. The molecule has 1 saturated heterocycles. The summed E-state index contributed by atoms with van der Waals surface area (Å²) in [4.78, 5) is 12.3. The lowest BCUT2D eigenvalue weighted by atomic mass is 10.4. The number of hydrogen-bond acceptors (Lipinski definition) is 6. The van der Waals surface area contributed by atoms with Crippen LogP contribution in [0.2, 0.25) is 5.28 Å². The molecule has 0 bridgehead atoms. The van der Waals surface area contributed by atoms with Gasteiger partial charge >= 0.3 is 0 Å². The van der Waals surface area contributed by atoms with Gasteiger partial charge in [-0.05, 0) is 52.5 Å². The first kappa shape index (κ1) is 15.6. The van der Waals surface area contributed by atoms with Crippen molar-refractivity contribution in [3.8, 4) is 0 Å². The number of nitrogens with zero attached hydrogens (tertiary/aromatic N) is 4. The lowest BCUT2D eigenvalue weighted by Crippen LogP contribution is -2.01. The minimum Gasteiger partial charge on any atom is -0.324 e. The third-order valence-corrected chi connectivity index (χ3v) is 6.27. The molecule has 1 aliphatic heterocycles. The molecule has 0 saturated carbocycles. The number of pyridine rings is 1. The van der Waals surface area contributed by atoms with Gasteiger partial charge in [-0.3, -0.25) is 0 Å². The molecule has 116 valence electrons. The van der Waals surface area contributed by atoms with Gasteiger partial charge in [0, 0.05) is 17.7 Å². The number of rotatable bonds is 3. The molecule has 0 atom stereocenters. The highest BCUT2D eigenvalue weighted by Gasteiger charge is 2.16. The molecule has 0 aromatic carbocycles. The molecule has 0 unspecified atom stereocenters. The van der Waals surface area contributed by atoms with Gasteiger partial charge in [0.05, 0.1) is 14.2 Å². The summed E-state index contributed by atoms with van der Waals surface area (Å²) in [6.07, 6.45) is 3.49. The van der Waals surface area contributed by atoms with E-state index in [1.807, 2.05) is 6.07 Å². The highest BCUT2D eigenvalue weighted by atomic mass is 79.9. The van der Waals surface area contributed by atoms with E-state index in [2.05, 4.69) is 40.6 Å². The Labute approximate surface area is 142 Å². The summed E-state index contributed by atoms with van der Waals surface area (Å²) in [6.45, 7) is 0. The zero-order valence-electron chi connectivity index (χ0n) is 11.5. The Morgan fingerprint density at radius 2 is 2.05 bits per heavy atom. The lowest BCUT2D eigenvalue weighted by molar-refractivity contribution is 0.681. The molecule has 0 amide bonds. The summed E-state index contributed by atoms with van der Waals surface area (Å²) in [7, 11) is -2.13. The molecule has 3 rings (SSSR count). The molecule has 1 N–H and O–H groups in total. The van der Waals surface area contributed by atoms with Crippen LogP contribution in [0.4, 0.5) is 17.5 Å². The second-order valence-corrected chi connectivity index (χ2v) is 8.56. The number of nitrogens with one attached hydrogen (secondary N) is 1. The number of aromatic nitrogens is 3. The minimum absolute atomic E-state index is 0.139. The number of anilines is 2. The van der Waals surface area contributed by atoms with E-state index in [4.69, 9.17) is 11.6 Å². The maximum Gasteiger partial charge on any atom is 0.224 e. The van der Waals surface area contributed by atoms with Crippen LogP contribution in [-0.2, 0) is 9.73 Å². The normalized spacial score (nSPS) is 16.5. The van der Waals surface area contributed by atoms with Gasteiger partial charge in [-0.15, -0.1) is 0 Å².